The van der Waals surface area contributed by atoms with Gasteiger partial charge in [-0.3, -0.25) is 0 Å². The lowest BCUT2D eigenvalue weighted by Crippen LogP contribution is -2.00. The molecule has 0 spiro atoms. The van der Waals surface area contributed by atoms with Crippen LogP contribution >= 0.6 is 0 Å². The Kier molecular flexibility index (Phi) is 6.24. The van der Waals surface area contributed by atoms with Gasteiger partial charge in [0.1, 0.15) is 18.2 Å². The fourth-order valence-corrected chi connectivity index (χ4v) is 1.50. The van der Waals surface area contributed by atoms with E-state index in [-0.39, 0.29) is 12.2 Å². The fraction of sp³-hybridized carbons (Fsp3) is 0.467. The molecular formula is C15H19FO2. The molecule has 0 fully saturated rings. The van der Waals surface area contributed by atoms with Crippen LogP contribution in [0.2, 0.25) is 0 Å². The van der Waals surface area contributed by atoms with Crippen molar-refractivity contribution in [1.29, 1.82) is 0 Å². The molecule has 1 rings (SSSR count). The zero-order valence-corrected chi connectivity index (χ0v) is 10.9. The lowest BCUT2D eigenvalue weighted by Gasteiger charge is -2.08. The first-order valence-corrected chi connectivity index (χ1v) is 6.15. The van der Waals surface area contributed by atoms with Crippen LogP contribution in [0.15, 0.2) is 18.2 Å². The molecule has 0 saturated heterocycles. The maximum atomic E-state index is 13.5. The molecule has 0 radical (unpaired) electrons. The molecule has 3 heteroatoms. The second-order valence-electron chi connectivity index (χ2n) is 4.49. The summed E-state index contributed by atoms with van der Waals surface area (Å²) in [5, 5.41) is 8.54. The number of hydrogen-bond acceptors (Lipinski definition) is 2. The van der Waals surface area contributed by atoms with E-state index in [1.165, 1.54) is 6.07 Å². The lowest BCUT2D eigenvalue weighted by molar-refractivity contribution is 0.296. The van der Waals surface area contributed by atoms with Crippen molar-refractivity contribution in [3.63, 3.8) is 0 Å². The zero-order valence-electron chi connectivity index (χ0n) is 10.9. The van der Waals surface area contributed by atoms with Crippen molar-refractivity contribution in [2.24, 2.45) is 5.92 Å². The molecule has 1 aromatic carbocycles. The van der Waals surface area contributed by atoms with E-state index in [9.17, 15) is 4.39 Å². The van der Waals surface area contributed by atoms with Crippen LogP contribution in [0.5, 0.6) is 5.75 Å². The van der Waals surface area contributed by atoms with Crippen molar-refractivity contribution >= 4 is 0 Å². The van der Waals surface area contributed by atoms with Gasteiger partial charge in [-0.15, -0.1) is 0 Å². The quantitative estimate of drug-likeness (QED) is 0.643. The summed E-state index contributed by atoms with van der Waals surface area (Å²) in [6.07, 6.45) is 2.06. The van der Waals surface area contributed by atoms with Gasteiger partial charge in [0.15, 0.2) is 0 Å². The molecule has 0 saturated carbocycles. The number of halogens is 1. The Labute approximate surface area is 108 Å². The molecule has 0 atom stereocenters. The Morgan fingerprint density at radius 2 is 2.17 bits per heavy atom. The van der Waals surface area contributed by atoms with Gasteiger partial charge in [-0.1, -0.05) is 25.7 Å². The van der Waals surface area contributed by atoms with Gasteiger partial charge in [-0.05, 0) is 30.9 Å². The summed E-state index contributed by atoms with van der Waals surface area (Å²) in [4.78, 5) is 0. The van der Waals surface area contributed by atoms with Crippen LogP contribution < -0.4 is 4.74 Å². The Hall–Kier alpha value is -1.53. The number of aliphatic hydroxyl groups is 1. The Balaban J connectivity index is 2.51. The first-order valence-electron chi connectivity index (χ1n) is 6.15. The number of rotatable bonds is 5. The van der Waals surface area contributed by atoms with E-state index in [0.717, 1.165) is 12.8 Å². The van der Waals surface area contributed by atoms with Crippen LogP contribution in [0, 0.1) is 23.6 Å². The van der Waals surface area contributed by atoms with Gasteiger partial charge in [0.2, 0.25) is 0 Å². The maximum Gasteiger partial charge on any atom is 0.142 e. The van der Waals surface area contributed by atoms with E-state index in [4.69, 9.17) is 9.84 Å². The molecule has 0 aromatic heterocycles. The summed E-state index contributed by atoms with van der Waals surface area (Å²) >= 11 is 0. The SMILES string of the molecule is CC(C)CCCOc1ccc(C#CCO)c(F)c1. The third kappa shape index (κ3) is 5.20. The van der Waals surface area contributed by atoms with E-state index in [2.05, 4.69) is 25.7 Å². The van der Waals surface area contributed by atoms with Crippen LogP contribution in [0.3, 0.4) is 0 Å². The average Bonchev–Trinajstić information content (AvgIpc) is 2.33. The Morgan fingerprint density at radius 1 is 1.39 bits per heavy atom. The summed E-state index contributed by atoms with van der Waals surface area (Å²) < 4.78 is 19.0. The Bertz CT molecular complexity index is 430. The van der Waals surface area contributed by atoms with Crippen LogP contribution in [0.4, 0.5) is 4.39 Å². The largest absolute Gasteiger partial charge is 0.493 e. The van der Waals surface area contributed by atoms with Gasteiger partial charge >= 0.3 is 0 Å². The van der Waals surface area contributed by atoms with Gasteiger partial charge in [0.05, 0.1) is 12.2 Å². The molecule has 18 heavy (non-hydrogen) atoms. The van der Waals surface area contributed by atoms with Crippen molar-refractivity contribution in [3.8, 4) is 17.6 Å². The van der Waals surface area contributed by atoms with Gasteiger partial charge in [-0.2, -0.15) is 0 Å². The minimum absolute atomic E-state index is 0.271. The van der Waals surface area contributed by atoms with Gasteiger partial charge < -0.3 is 9.84 Å². The predicted molar refractivity (Wildman–Crippen MR) is 69.9 cm³/mol. The van der Waals surface area contributed by atoms with Crippen LogP contribution in [0.1, 0.15) is 32.3 Å². The summed E-state index contributed by atoms with van der Waals surface area (Å²) in [5.41, 5.74) is 0.276. The minimum Gasteiger partial charge on any atom is -0.493 e. The first kappa shape index (κ1) is 14.5. The number of ether oxygens (including phenoxy) is 1. The molecule has 0 unspecified atom stereocenters. The molecule has 98 valence electrons. The molecule has 0 aliphatic rings. The van der Waals surface area contributed by atoms with Crippen LogP contribution in [-0.2, 0) is 0 Å². The normalized spacial score (nSPS) is 10.1. The van der Waals surface area contributed by atoms with Crippen molar-refractivity contribution in [1.82, 2.24) is 0 Å². The summed E-state index contributed by atoms with van der Waals surface area (Å²) in [6.45, 7) is 4.65. The fourth-order valence-electron chi connectivity index (χ4n) is 1.50. The summed E-state index contributed by atoms with van der Waals surface area (Å²) in [5.74, 6) is 5.71. The highest BCUT2D eigenvalue weighted by molar-refractivity contribution is 5.39. The minimum atomic E-state index is -0.419. The average molecular weight is 250 g/mol. The van der Waals surface area contributed by atoms with E-state index in [1.807, 2.05) is 0 Å². The monoisotopic (exact) mass is 250 g/mol. The van der Waals surface area contributed by atoms with E-state index < -0.39 is 5.82 Å². The number of aliphatic hydroxyl groups excluding tert-OH is 1. The first-order chi connectivity index (χ1) is 8.63. The highest BCUT2D eigenvalue weighted by Crippen LogP contribution is 2.16. The third-order valence-electron chi connectivity index (χ3n) is 2.44. The summed E-state index contributed by atoms with van der Waals surface area (Å²) in [7, 11) is 0. The highest BCUT2D eigenvalue weighted by atomic mass is 19.1. The smallest absolute Gasteiger partial charge is 0.142 e. The van der Waals surface area contributed by atoms with Crippen molar-refractivity contribution in [2.75, 3.05) is 13.2 Å². The molecule has 2 nitrogen and oxygen atoms in total. The number of hydrogen-bond donors (Lipinski definition) is 1. The molecule has 0 heterocycles. The summed E-state index contributed by atoms with van der Waals surface area (Å²) in [6, 6.07) is 4.59. The number of benzene rings is 1. The van der Waals surface area contributed by atoms with Gasteiger partial charge in [-0.25, -0.2) is 4.39 Å². The second kappa shape index (κ2) is 7.73. The zero-order chi connectivity index (χ0) is 13.4. The Morgan fingerprint density at radius 3 is 2.78 bits per heavy atom. The highest BCUT2D eigenvalue weighted by Gasteiger charge is 2.02. The van der Waals surface area contributed by atoms with Gasteiger partial charge in [0, 0.05) is 6.07 Å². The molecule has 1 N–H and O–H groups in total. The molecule has 0 bridgehead atoms. The maximum absolute atomic E-state index is 13.5. The van der Waals surface area contributed by atoms with Crippen LogP contribution in [0.25, 0.3) is 0 Å². The molecule has 0 aliphatic carbocycles. The molecule has 0 aliphatic heterocycles. The van der Waals surface area contributed by atoms with E-state index in [1.54, 1.807) is 12.1 Å². The predicted octanol–water partition coefficient (Wildman–Crippen LogP) is 2.98. The molecule has 1 aromatic rings. The second-order valence-corrected chi connectivity index (χ2v) is 4.49. The lowest BCUT2D eigenvalue weighted by atomic mass is 10.1. The molecular weight excluding hydrogens is 231 g/mol. The van der Waals surface area contributed by atoms with Gasteiger partial charge in [0.25, 0.3) is 0 Å². The topological polar surface area (TPSA) is 29.5 Å². The van der Waals surface area contributed by atoms with E-state index in [0.29, 0.717) is 18.3 Å². The van der Waals surface area contributed by atoms with Crippen molar-refractivity contribution in [2.45, 2.75) is 26.7 Å². The van der Waals surface area contributed by atoms with Crippen LogP contribution in [-0.4, -0.2) is 18.3 Å². The third-order valence-corrected chi connectivity index (χ3v) is 2.44. The van der Waals surface area contributed by atoms with E-state index >= 15 is 0 Å². The standard InChI is InChI=1S/C15H19FO2/c1-12(2)5-4-10-18-14-8-7-13(6-3-9-17)15(16)11-14/h7-8,11-12,17H,4-5,9-10H2,1-2H3. The van der Waals surface area contributed by atoms with Crippen molar-refractivity contribution in [3.05, 3.63) is 29.6 Å². The molecule has 0 amide bonds. The van der Waals surface area contributed by atoms with Crippen molar-refractivity contribution < 1.29 is 14.2 Å².